The Bertz CT molecular complexity index is 963. The van der Waals surface area contributed by atoms with Crippen LogP contribution in [-0.2, 0) is 13.1 Å². The van der Waals surface area contributed by atoms with E-state index in [0.717, 1.165) is 28.4 Å². The third-order valence-electron chi connectivity index (χ3n) is 4.52. The van der Waals surface area contributed by atoms with Gasteiger partial charge in [-0.1, -0.05) is 19.9 Å². The molecule has 2 amide bonds. The average Bonchev–Trinajstić information content (AvgIpc) is 3.24. The van der Waals surface area contributed by atoms with Crippen LogP contribution in [0.25, 0.3) is 10.6 Å². The number of nitrogens with one attached hydrogen (secondary N) is 3. The van der Waals surface area contributed by atoms with Gasteiger partial charge in [-0.25, -0.2) is 9.78 Å². The lowest BCUT2D eigenvalue weighted by Gasteiger charge is -2.18. The van der Waals surface area contributed by atoms with E-state index in [1.54, 1.807) is 17.8 Å². The highest BCUT2D eigenvalue weighted by atomic mass is 32.1. The zero-order chi connectivity index (χ0) is 22.1. The summed E-state index contributed by atoms with van der Waals surface area (Å²) >= 11 is 1.46. The first-order valence-electron chi connectivity index (χ1n) is 10.2. The number of rotatable bonds is 10. The summed E-state index contributed by atoms with van der Waals surface area (Å²) in [6.07, 6.45) is 4.32. The van der Waals surface area contributed by atoms with Crippen molar-refractivity contribution in [3.63, 3.8) is 0 Å². The largest absolute Gasteiger partial charge is 0.395 e. The summed E-state index contributed by atoms with van der Waals surface area (Å²) in [7, 11) is 0. The van der Waals surface area contributed by atoms with Crippen molar-refractivity contribution in [2.24, 2.45) is 5.92 Å². The Morgan fingerprint density at radius 2 is 1.84 bits per heavy atom. The molecule has 9 heteroatoms. The Kier molecular flexibility index (Phi) is 8.45. The number of amides is 2. The lowest BCUT2D eigenvalue weighted by atomic mass is 10.0. The van der Waals surface area contributed by atoms with Crippen LogP contribution in [0.1, 0.15) is 31.7 Å². The molecule has 3 aromatic heterocycles. The number of anilines is 1. The SMILES string of the molecule is CC(C)CC(CO)NCc1cccc(CNC(=O)Nc2csc(-c3ccncc3)n2)n1. The lowest BCUT2D eigenvalue weighted by Crippen LogP contribution is -2.33. The number of nitrogens with zero attached hydrogens (tertiary/aromatic N) is 3. The van der Waals surface area contributed by atoms with Gasteiger partial charge in [0, 0.05) is 35.9 Å². The van der Waals surface area contributed by atoms with E-state index in [9.17, 15) is 9.90 Å². The minimum atomic E-state index is -0.339. The molecule has 0 radical (unpaired) electrons. The number of carbonyl (C=O) groups is 1. The van der Waals surface area contributed by atoms with Crippen molar-refractivity contribution in [3.05, 3.63) is 59.5 Å². The fourth-order valence-corrected chi connectivity index (χ4v) is 3.81. The van der Waals surface area contributed by atoms with Crippen molar-refractivity contribution in [1.29, 1.82) is 0 Å². The second kappa shape index (κ2) is 11.5. The third-order valence-corrected chi connectivity index (χ3v) is 5.41. The van der Waals surface area contributed by atoms with Gasteiger partial charge in [0.15, 0.2) is 0 Å². The normalized spacial score (nSPS) is 12.0. The molecule has 4 N–H and O–H groups in total. The molecule has 0 aliphatic heterocycles. The second-order valence-corrected chi connectivity index (χ2v) is 8.45. The molecule has 0 fully saturated rings. The summed E-state index contributed by atoms with van der Waals surface area (Å²) in [4.78, 5) is 25.2. The minimum absolute atomic E-state index is 0.0458. The van der Waals surface area contributed by atoms with Crippen LogP contribution in [0.5, 0.6) is 0 Å². The zero-order valence-corrected chi connectivity index (χ0v) is 18.5. The molecule has 0 aliphatic carbocycles. The number of thiazole rings is 1. The molecule has 31 heavy (non-hydrogen) atoms. The van der Waals surface area contributed by atoms with E-state index in [-0.39, 0.29) is 18.7 Å². The van der Waals surface area contributed by atoms with Gasteiger partial charge in [0.25, 0.3) is 0 Å². The maximum absolute atomic E-state index is 12.2. The van der Waals surface area contributed by atoms with E-state index in [1.165, 1.54) is 11.3 Å². The molecule has 0 bridgehead atoms. The van der Waals surface area contributed by atoms with E-state index < -0.39 is 0 Å². The van der Waals surface area contributed by atoms with Crippen LogP contribution < -0.4 is 16.0 Å². The highest BCUT2D eigenvalue weighted by Crippen LogP contribution is 2.25. The first-order valence-corrected chi connectivity index (χ1v) is 11.1. The standard InChI is InChI=1S/C22H28N6O2S/c1-15(2)10-19(13-29)24-11-17-4-3-5-18(26-17)12-25-22(30)28-20-14-31-21(27-20)16-6-8-23-9-7-16/h3-9,14-15,19,24,29H,10-13H2,1-2H3,(H2,25,28,30). The van der Waals surface area contributed by atoms with Gasteiger partial charge < -0.3 is 15.7 Å². The first kappa shape index (κ1) is 22.8. The van der Waals surface area contributed by atoms with E-state index >= 15 is 0 Å². The predicted molar refractivity (Wildman–Crippen MR) is 123 cm³/mol. The Balaban J connectivity index is 1.48. The molecule has 1 unspecified atom stereocenters. The predicted octanol–water partition coefficient (Wildman–Crippen LogP) is 3.42. The van der Waals surface area contributed by atoms with Crippen molar-refractivity contribution in [1.82, 2.24) is 25.6 Å². The molecule has 0 aromatic carbocycles. The maximum Gasteiger partial charge on any atom is 0.320 e. The van der Waals surface area contributed by atoms with Crippen molar-refractivity contribution < 1.29 is 9.90 Å². The van der Waals surface area contributed by atoms with Crippen LogP contribution in [0.3, 0.4) is 0 Å². The molecular formula is C22H28N6O2S. The lowest BCUT2D eigenvalue weighted by molar-refractivity contribution is 0.223. The summed E-state index contributed by atoms with van der Waals surface area (Å²) in [5, 5.41) is 21.0. The van der Waals surface area contributed by atoms with Crippen molar-refractivity contribution in [2.75, 3.05) is 11.9 Å². The van der Waals surface area contributed by atoms with Crippen LogP contribution >= 0.6 is 11.3 Å². The van der Waals surface area contributed by atoms with Gasteiger partial charge in [0.2, 0.25) is 0 Å². The van der Waals surface area contributed by atoms with Gasteiger partial charge in [-0.05, 0) is 36.6 Å². The molecule has 0 aliphatic rings. The molecule has 0 spiro atoms. The Morgan fingerprint density at radius 1 is 1.10 bits per heavy atom. The summed E-state index contributed by atoms with van der Waals surface area (Å²) < 4.78 is 0. The molecule has 3 rings (SSSR count). The van der Waals surface area contributed by atoms with Crippen molar-refractivity contribution in [2.45, 2.75) is 39.4 Å². The maximum atomic E-state index is 12.2. The highest BCUT2D eigenvalue weighted by Gasteiger charge is 2.10. The van der Waals surface area contributed by atoms with Crippen LogP contribution in [0, 0.1) is 5.92 Å². The van der Waals surface area contributed by atoms with Gasteiger partial charge in [0.1, 0.15) is 10.8 Å². The molecule has 8 nitrogen and oxygen atoms in total. The highest BCUT2D eigenvalue weighted by molar-refractivity contribution is 7.13. The summed E-state index contributed by atoms with van der Waals surface area (Å²) in [5.41, 5.74) is 2.58. The topological polar surface area (TPSA) is 112 Å². The molecule has 3 heterocycles. The summed E-state index contributed by atoms with van der Waals surface area (Å²) in [6, 6.07) is 9.17. The zero-order valence-electron chi connectivity index (χ0n) is 17.7. The number of hydrogen-bond donors (Lipinski definition) is 4. The minimum Gasteiger partial charge on any atom is -0.395 e. The van der Waals surface area contributed by atoms with Crippen LogP contribution in [0.2, 0.25) is 0 Å². The molecule has 3 aromatic rings. The number of aliphatic hydroxyl groups is 1. The fraction of sp³-hybridized carbons (Fsp3) is 0.364. The van der Waals surface area contributed by atoms with Gasteiger partial charge >= 0.3 is 6.03 Å². The van der Waals surface area contributed by atoms with E-state index in [1.807, 2.05) is 30.3 Å². The van der Waals surface area contributed by atoms with Crippen LogP contribution in [-0.4, -0.2) is 38.7 Å². The van der Waals surface area contributed by atoms with Gasteiger partial charge in [-0.3, -0.25) is 15.3 Å². The third kappa shape index (κ3) is 7.39. The van der Waals surface area contributed by atoms with E-state index in [0.29, 0.717) is 24.8 Å². The van der Waals surface area contributed by atoms with Crippen molar-refractivity contribution >= 4 is 23.2 Å². The summed E-state index contributed by atoms with van der Waals surface area (Å²) in [6.45, 7) is 5.22. The average molecular weight is 441 g/mol. The van der Waals surface area contributed by atoms with Gasteiger partial charge in [0.05, 0.1) is 24.5 Å². The number of hydrogen-bond acceptors (Lipinski definition) is 7. The molecule has 1 atom stereocenters. The Labute approximate surface area is 186 Å². The number of urea groups is 1. The smallest absolute Gasteiger partial charge is 0.320 e. The molecular weight excluding hydrogens is 412 g/mol. The van der Waals surface area contributed by atoms with Gasteiger partial charge in [-0.15, -0.1) is 11.3 Å². The van der Waals surface area contributed by atoms with Crippen LogP contribution in [0.4, 0.5) is 10.6 Å². The van der Waals surface area contributed by atoms with Crippen LogP contribution in [0.15, 0.2) is 48.1 Å². The number of pyridine rings is 2. The van der Waals surface area contributed by atoms with Crippen molar-refractivity contribution in [3.8, 4) is 10.6 Å². The quantitative estimate of drug-likeness (QED) is 0.384. The van der Waals surface area contributed by atoms with Gasteiger partial charge in [-0.2, -0.15) is 0 Å². The number of aromatic nitrogens is 3. The monoisotopic (exact) mass is 440 g/mol. The Morgan fingerprint density at radius 3 is 2.55 bits per heavy atom. The molecule has 164 valence electrons. The Hall–Kier alpha value is -2.88. The molecule has 0 saturated carbocycles. The van der Waals surface area contributed by atoms with E-state index in [4.69, 9.17) is 0 Å². The first-order chi connectivity index (χ1) is 15.0. The van der Waals surface area contributed by atoms with E-state index in [2.05, 4.69) is 44.7 Å². The number of aliphatic hydroxyl groups excluding tert-OH is 1. The second-order valence-electron chi connectivity index (χ2n) is 7.59. The summed E-state index contributed by atoms with van der Waals surface area (Å²) in [5.74, 6) is 1.01. The fourth-order valence-electron chi connectivity index (χ4n) is 3.06. The molecule has 0 saturated heterocycles. The number of carbonyl (C=O) groups excluding carboxylic acids is 1.